The Morgan fingerprint density at radius 1 is 1.21 bits per heavy atom. The van der Waals surface area contributed by atoms with Crippen molar-refractivity contribution in [2.45, 2.75) is 19.5 Å². The first-order valence-electron chi connectivity index (χ1n) is 8.58. The number of nitrogens with zero attached hydrogens (tertiary/aromatic N) is 1. The number of halogens is 3. The lowest BCUT2D eigenvalue weighted by Crippen LogP contribution is -2.15. The maximum absolute atomic E-state index is 12.8. The number of alkyl halides is 3. The van der Waals surface area contributed by atoms with E-state index in [0.717, 1.165) is 17.7 Å². The number of anilines is 3. The van der Waals surface area contributed by atoms with E-state index >= 15 is 0 Å². The highest BCUT2D eigenvalue weighted by Crippen LogP contribution is 2.32. The summed E-state index contributed by atoms with van der Waals surface area (Å²) in [5.74, 6) is 0.277. The number of methoxy groups -OCH3 is 1. The third-order valence-corrected chi connectivity index (χ3v) is 4.77. The second-order valence-electron chi connectivity index (χ2n) is 6.28. The Kier molecular flexibility index (Phi) is 6.07. The molecular weight excluding hydrogens is 403 g/mol. The van der Waals surface area contributed by atoms with Crippen molar-refractivity contribution in [1.29, 1.82) is 0 Å². The molecule has 0 saturated carbocycles. The number of rotatable bonds is 6. The molecule has 0 spiro atoms. The van der Waals surface area contributed by atoms with Gasteiger partial charge in [0.1, 0.15) is 5.75 Å². The standard InChI is InChI=1S/C20H18F3N3O2S/c1-12-6-7-17(28-2)16(8-12)26-18(27)10-15-11-29-19(25-15)24-14-5-3-4-13(9-14)20(21,22)23/h3-9,11H,10H2,1-2H3,(H,24,25)(H,26,27). The molecule has 0 aliphatic rings. The predicted octanol–water partition coefficient (Wildman–Crippen LogP) is 5.40. The van der Waals surface area contributed by atoms with Gasteiger partial charge in [0.15, 0.2) is 5.13 Å². The molecule has 29 heavy (non-hydrogen) atoms. The summed E-state index contributed by atoms with van der Waals surface area (Å²) in [6, 6.07) is 10.3. The molecule has 5 nitrogen and oxygen atoms in total. The maximum atomic E-state index is 12.8. The van der Waals surface area contributed by atoms with E-state index in [4.69, 9.17) is 4.74 Å². The van der Waals surface area contributed by atoms with Crippen molar-refractivity contribution in [3.63, 3.8) is 0 Å². The van der Waals surface area contributed by atoms with E-state index in [1.807, 2.05) is 13.0 Å². The summed E-state index contributed by atoms with van der Waals surface area (Å²) in [5.41, 5.74) is 1.58. The lowest BCUT2D eigenvalue weighted by atomic mass is 10.2. The van der Waals surface area contributed by atoms with Gasteiger partial charge >= 0.3 is 6.18 Å². The van der Waals surface area contributed by atoms with Crippen LogP contribution in [0.1, 0.15) is 16.8 Å². The first-order chi connectivity index (χ1) is 13.7. The molecule has 3 aromatic rings. The van der Waals surface area contributed by atoms with Gasteiger partial charge in [-0.1, -0.05) is 12.1 Å². The number of ether oxygens (including phenoxy) is 1. The Bertz CT molecular complexity index is 1020. The molecule has 152 valence electrons. The molecule has 9 heteroatoms. The normalized spacial score (nSPS) is 11.2. The Morgan fingerprint density at radius 2 is 2.00 bits per heavy atom. The van der Waals surface area contributed by atoms with Crippen molar-refractivity contribution in [1.82, 2.24) is 4.98 Å². The third kappa shape index (κ3) is 5.47. The van der Waals surface area contributed by atoms with Crippen LogP contribution >= 0.6 is 11.3 Å². The molecule has 2 N–H and O–H groups in total. The van der Waals surface area contributed by atoms with Crippen LogP contribution in [0.25, 0.3) is 0 Å². The van der Waals surface area contributed by atoms with Crippen molar-refractivity contribution >= 4 is 33.8 Å². The molecule has 0 fully saturated rings. The second kappa shape index (κ2) is 8.52. The number of carbonyl (C=O) groups is 1. The van der Waals surface area contributed by atoms with Crippen LogP contribution < -0.4 is 15.4 Å². The number of benzene rings is 2. The van der Waals surface area contributed by atoms with Crippen LogP contribution in [0.15, 0.2) is 47.8 Å². The summed E-state index contributed by atoms with van der Waals surface area (Å²) in [4.78, 5) is 16.6. The average Bonchev–Trinajstić information content (AvgIpc) is 3.08. The number of carbonyl (C=O) groups excluding carboxylic acids is 1. The van der Waals surface area contributed by atoms with Crippen molar-refractivity contribution in [2.75, 3.05) is 17.7 Å². The van der Waals surface area contributed by atoms with E-state index < -0.39 is 11.7 Å². The fraction of sp³-hybridized carbons (Fsp3) is 0.200. The Balaban J connectivity index is 1.65. The van der Waals surface area contributed by atoms with Crippen molar-refractivity contribution < 1.29 is 22.7 Å². The minimum Gasteiger partial charge on any atom is -0.495 e. The molecule has 1 heterocycles. The largest absolute Gasteiger partial charge is 0.495 e. The Labute approximate surface area is 169 Å². The lowest BCUT2D eigenvalue weighted by Gasteiger charge is -2.10. The zero-order chi connectivity index (χ0) is 21.0. The van der Waals surface area contributed by atoms with E-state index in [0.29, 0.717) is 22.3 Å². The Morgan fingerprint density at radius 3 is 2.72 bits per heavy atom. The van der Waals surface area contributed by atoms with E-state index in [9.17, 15) is 18.0 Å². The van der Waals surface area contributed by atoms with E-state index in [-0.39, 0.29) is 18.0 Å². The van der Waals surface area contributed by atoms with Crippen LogP contribution in [0.3, 0.4) is 0 Å². The highest BCUT2D eigenvalue weighted by atomic mass is 32.1. The molecule has 0 bridgehead atoms. The van der Waals surface area contributed by atoms with Crippen LogP contribution in [0.4, 0.5) is 29.7 Å². The Hall–Kier alpha value is -3.07. The molecule has 0 atom stereocenters. The summed E-state index contributed by atoms with van der Waals surface area (Å²) in [6.45, 7) is 1.90. The van der Waals surface area contributed by atoms with Crippen LogP contribution in [0, 0.1) is 6.92 Å². The highest BCUT2D eigenvalue weighted by molar-refractivity contribution is 7.13. The van der Waals surface area contributed by atoms with E-state index in [1.54, 1.807) is 17.5 Å². The molecule has 3 rings (SSSR count). The smallest absolute Gasteiger partial charge is 0.416 e. The van der Waals surface area contributed by atoms with Crippen LogP contribution in [-0.2, 0) is 17.4 Å². The number of aromatic nitrogens is 1. The number of thiazole rings is 1. The maximum Gasteiger partial charge on any atom is 0.416 e. The number of hydrogen-bond donors (Lipinski definition) is 2. The highest BCUT2D eigenvalue weighted by Gasteiger charge is 2.30. The van der Waals surface area contributed by atoms with Crippen LogP contribution in [0.5, 0.6) is 5.75 Å². The minimum absolute atomic E-state index is 0.0257. The number of aryl methyl sites for hydroxylation is 1. The summed E-state index contributed by atoms with van der Waals surface area (Å²) in [6.07, 6.45) is -4.39. The molecule has 0 aliphatic heterocycles. The van der Waals surface area contributed by atoms with Crippen LogP contribution in [-0.4, -0.2) is 18.0 Å². The fourth-order valence-corrected chi connectivity index (χ4v) is 3.35. The molecule has 0 radical (unpaired) electrons. The fourth-order valence-electron chi connectivity index (χ4n) is 2.62. The quantitative estimate of drug-likeness (QED) is 0.559. The van der Waals surface area contributed by atoms with Gasteiger partial charge in [0.2, 0.25) is 5.91 Å². The van der Waals surface area contributed by atoms with Crippen molar-refractivity contribution in [2.24, 2.45) is 0 Å². The van der Waals surface area contributed by atoms with E-state index in [1.165, 1.54) is 30.6 Å². The summed E-state index contributed by atoms with van der Waals surface area (Å²) >= 11 is 1.21. The zero-order valence-electron chi connectivity index (χ0n) is 15.6. The molecule has 0 unspecified atom stereocenters. The topological polar surface area (TPSA) is 63.2 Å². The van der Waals surface area contributed by atoms with Gasteiger partial charge in [-0.05, 0) is 42.8 Å². The van der Waals surface area contributed by atoms with E-state index in [2.05, 4.69) is 15.6 Å². The zero-order valence-corrected chi connectivity index (χ0v) is 16.4. The first-order valence-corrected chi connectivity index (χ1v) is 9.46. The monoisotopic (exact) mass is 421 g/mol. The first kappa shape index (κ1) is 20.7. The molecule has 0 saturated heterocycles. The van der Waals surface area contributed by atoms with Gasteiger partial charge in [0.25, 0.3) is 0 Å². The molecule has 2 aromatic carbocycles. The predicted molar refractivity (Wildman–Crippen MR) is 107 cm³/mol. The van der Waals surface area contributed by atoms with Gasteiger partial charge in [0.05, 0.1) is 30.5 Å². The van der Waals surface area contributed by atoms with Gasteiger partial charge in [-0.15, -0.1) is 11.3 Å². The molecule has 1 amide bonds. The molecule has 0 aliphatic carbocycles. The second-order valence-corrected chi connectivity index (χ2v) is 7.13. The van der Waals surface area contributed by atoms with Gasteiger partial charge in [-0.3, -0.25) is 4.79 Å². The summed E-state index contributed by atoms with van der Waals surface area (Å²) in [5, 5.41) is 7.72. The van der Waals surface area contributed by atoms with Gasteiger partial charge in [-0.25, -0.2) is 4.98 Å². The van der Waals surface area contributed by atoms with Crippen molar-refractivity contribution in [3.05, 3.63) is 64.7 Å². The molecular formula is C20H18F3N3O2S. The number of amides is 1. The third-order valence-electron chi connectivity index (χ3n) is 3.96. The lowest BCUT2D eigenvalue weighted by molar-refractivity contribution is -0.137. The minimum atomic E-state index is -4.42. The van der Waals surface area contributed by atoms with Crippen molar-refractivity contribution in [3.8, 4) is 5.75 Å². The number of nitrogens with one attached hydrogen (secondary N) is 2. The average molecular weight is 421 g/mol. The summed E-state index contributed by atoms with van der Waals surface area (Å²) < 4.78 is 43.7. The van der Waals surface area contributed by atoms with Gasteiger partial charge in [-0.2, -0.15) is 13.2 Å². The van der Waals surface area contributed by atoms with Gasteiger partial charge in [0, 0.05) is 11.1 Å². The van der Waals surface area contributed by atoms with Gasteiger partial charge < -0.3 is 15.4 Å². The number of hydrogen-bond acceptors (Lipinski definition) is 5. The molecule has 1 aromatic heterocycles. The van der Waals surface area contributed by atoms with Crippen LogP contribution in [0.2, 0.25) is 0 Å². The summed E-state index contributed by atoms with van der Waals surface area (Å²) in [7, 11) is 1.52. The SMILES string of the molecule is COc1ccc(C)cc1NC(=O)Cc1csc(Nc2cccc(C(F)(F)F)c2)n1.